The van der Waals surface area contributed by atoms with Crippen molar-refractivity contribution in [3.8, 4) is 29.4 Å². The van der Waals surface area contributed by atoms with Crippen molar-refractivity contribution in [1.29, 1.82) is 5.26 Å². The number of benzene rings is 2. The minimum Gasteiger partial charge on any atom is -0.481 e. The number of hydrogen-bond acceptors (Lipinski definition) is 7. The van der Waals surface area contributed by atoms with E-state index in [4.69, 9.17) is 9.52 Å². The number of oxazole rings is 1. The highest BCUT2D eigenvalue weighted by Crippen LogP contribution is 2.23. The molecule has 37 heavy (non-hydrogen) atoms. The number of hydrazine groups is 1. The highest BCUT2D eigenvalue weighted by atomic mass is 32.2. The molecule has 2 N–H and O–H groups in total. The third-order valence-corrected chi connectivity index (χ3v) is 6.84. The van der Waals surface area contributed by atoms with Crippen molar-refractivity contribution in [3.05, 3.63) is 71.6 Å². The number of piperazine rings is 1. The van der Waals surface area contributed by atoms with Gasteiger partial charge in [-0.25, -0.2) is 14.2 Å². The minimum atomic E-state index is -2.30. The predicted octanol–water partition coefficient (Wildman–Crippen LogP) is 2.95. The van der Waals surface area contributed by atoms with Gasteiger partial charge in [0, 0.05) is 49.0 Å². The number of carbonyl (C=O) groups is 1. The highest BCUT2D eigenvalue weighted by molar-refractivity contribution is 7.76. The molecule has 1 aliphatic rings. The van der Waals surface area contributed by atoms with Crippen LogP contribution in [0.2, 0.25) is 0 Å². The maximum absolute atomic E-state index is 11.8. The van der Waals surface area contributed by atoms with Crippen molar-refractivity contribution in [2.45, 2.75) is 19.4 Å². The van der Waals surface area contributed by atoms with Gasteiger partial charge in [0.1, 0.15) is 6.26 Å². The number of hydrogen-bond donors (Lipinski definition) is 2. The number of aromatic nitrogens is 1. The molecule has 11 heteroatoms. The van der Waals surface area contributed by atoms with Crippen molar-refractivity contribution in [1.82, 2.24) is 14.4 Å². The van der Waals surface area contributed by atoms with E-state index in [0.29, 0.717) is 48.8 Å². The van der Waals surface area contributed by atoms with Crippen LogP contribution < -0.4 is 4.90 Å². The van der Waals surface area contributed by atoms with Gasteiger partial charge in [-0.3, -0.25) is 9.35 Å². The first-order valence-corrected chi connectivity index (χ1v) is 12.6. The Morgan fingerprint density at radius 3 is 2.43 bits per heavy atom. The lowest BCUT2D eigenvalue weighted by Gasteiger charge is -2.41. The molecule has 2 unspecified atom stereocenters. The molecule has 190 valence electrons. The van der Waals surface area contributed by atoms with E-state index in [2.05, 4.69) is 27.8 Å². The van der Waals surface area contributed by atoms with Gasteiger partial charge < -0.3 is 14.4 Å². The van der Waals surface area contributed by atoms with Crippen LogP contribution in [-0.4, -0.2) is 66.5 Å². The van der Waals surface area contributed by atoms with Crippen LogP contribution >= 0.6 is 0 Å². The molecule has 2 heterocycles. The van der Waals surface area contributed by atoms with E-state index in [1.54, 1.807) is 24.1 Å². The van der Waals surface area contributed by atoms with E-state index in [1.165, 1.54) is 16.9 Å². The molecular formula is C26H25N5O5S. The van der Waals surface area contributed by atoms with Crippen molar-refractivity contribution in [3.63, 3.8) is 0 Å². The molecule has 0 aliphatic carbocycles. The molecule has 10 nitrogen and oxygen atoms in total. The molecule has 2 aromatic carbocycles. The summed E-state index contributed by atoms with van der Waals surface area (Å²) in [6, 6.07) is 14.6. The van der Waals surface area contributed by atoms with Gasteiger partial charge in [0.05, 0.1) is 29.8 Å². The van der Waals surface area contributed by atoms with Crippen LogP contribution in [0.5, 0.6) is 0 Å². The largest absolute Gasteiger partial charge is 0.481 e. The number of carboxylic acid groups (broad SMARTS) is 1. The Bertz CT molecular complexity index is 1370. The summed E-state index contributed by atoms with van der Waals surface area (Å²) >= 11 is -2.30. The fourth-order valence-electron chi connectivity index (χ4n) is 4.17. The third kappa shape index (κ3) is 6.42. The fourth-order valence-corrected chi connectivity index (χ4v) is 4.91. The van der Waals surface area contributed by atoms with Crippen molar-refractivity contribution >= 4 is 22.9 Å². The normalized spacial score (nSPS) is 15.5. The van der Waals surface area contributed by atoms with Crippen LogP contribution in [0, 0.1) is 23.2 Å². The van der Waals surface area contributed by atoms with Gasteiger partial charge in [-0.1, -0.05) is 11.8 Å². The Balaban J connectivity index is 1.39. The molecule has 0 radical (unpaired) electrons. The molecule has 4 rings (SSSR count). The predicted molar refractivity (Wildman–Crippen MR) is 137 cm³/mol. The number of anilines is 1. The Kier molecular flexibility index (Phi) is 8.33. The third-order valence-electron chi connectivity index (χ3n) is 5.93. The Morgan fingerprint density at radius 1 is 1.16 bits per heavy atom. The monoisotopic (exact) mass is 519 g/mol. The molecular weight excluding hydrogens is 494 g/mol. The second-order valence-electron chi connectivity index (χ2n) is 8.43. The van der Waals surface area contributed by atoms with E-state index in [1.807, 2.05) is 30.3 Å². The van der Waals surface area contributed by atoms with E-state index in [9.17, 15) is 18.8 Å². The number of carboxylic acids is 1. The number of nitrogens with zero attached hydrogens (tertiary/aromatic N) is 5. The maximum atomic E-state index is 11.8. The summed E-state index contributed by atoms with van der Waals surface area (Å²) in [7, 11) is 0. The van der Waals surface area contributed by atoms with Crippen molar-refractivity contribution in [2.24, 2.45) is 0 Å². The Morgan fingerprint density at radius 2 is 1.84 bits per heavy atom. The van der Waals surface area contributed by atoms with Gasteiger partial charge >= 0.3 is 5.97 Å². The van der Waals surface area contributed by atoms with Gasteiger partial charge in [-0.15, -0.1) is 4.41 Å². The smallest absolute Gasteiger partial charge is 0.305 e. The minimum absolute atomic E-state index is 0.224. The van der Waals surface area contributed by atoms with Gasteiger partial charge in [0.25, 0.3) is 0 Å². The second-order valence-corrected chi connectivity index (χ2v) is 9.26. The lowest BCUT2D eigenvalue weighted by atomic mass is 10.0. The average Bonchev–Trinajstić information content (AvgIpc) is 3.42. The average molecular weight is 520 g/mol. The van der Waals surface area contributed by atoms with Gasteiger partial charge in [-0.2, -0.15) is 5.26 Å². The second kappa shape index (κ2) is 11.8. The molecule has 1 fully saturated rings. The number of rotatable bonds is 7. The van der Waals surface area contributed by atoms with Crippen LogP contribution in [0.25, 0.3) is 11.5 Å². The first-order valence-electron chi connectivity index (χ1n) is 11.5. The van der Waals surface area contributed by atoms with E-state index in [0.717, 1.165) is 11.3 Å². The zero-order valence-corrected chi connectivity index (χ0v) is 20.9. The molecule has 1 aromatic heterocycles. The molecule has 3 aromatic rings. The summed E-state index contributed by atoms with van der Waals surface area (Å²) < 4.78 is 28.1. The zero-order chi connectivity index (χ0) is 26.4. The van der Waals surface area contributed by atoms with E-state index < -0.39 is 23.3 Å². The van der Waals surface area contributed by atoms with Gasteiger partial charge in [0.15, 0.2) is 0 Å². The highest BCUT2D eigenvalue weighted by Gasteiger charge is 2.30. The summed E-state index contributed by atoms with van der Waals surface area (Å²) in [5.74, 6) is 5.58. The summed E-state index contributed by atoms with van der Waals surface area (Å²) in [6.45, 7) is 3.84. The lowest BCUT2D eigenvalue weighted by Crippen LogP contribution is -2.57. The molecule has 0 spiro atoms. The first-order chi connectivity index (χ1) is 17.9. The topological polar surface area (TPSA) is 134 Å². The molecule has 0 bridgehead atoms. The standard InChI is InChI=1S/C26H25N5O5S/c1-19(16-25(32)33)31(37(34)35)30-13-11-29(12-14-30)23-7-4-20(5-8-23)2-3-21-6-9-24(22(17-21)18-27)26-28-10-15-36-26/h4-10,15,17,19H,11-14,16H2,1H3,(H,32,33)(H,34,35). The van der Waals surface area contributed by atoms with Crippen LogP contribution in [-0.2, 0) is 16.1 Å². The van der Waals surface area contributed by atoms with Crippen LogP contribution in [0.3, 0.4) is 0 Å². The summed E-state index contributed by atoms with van der Waals surface area (Å²) in [5, 5.41) is 20.3. The summed E-state index contributed by atoms with van der Waals surface area (Å²) in [6.07, 6.45) is 2.77. The quantitative estimate of drug-likeness (QED) is 0.357. The van der Waals surface area contributed by atoms with Gasteiger partial charge in [0.2, 0.25) is 17.2 Å². The molecule has 0 saturated carbocycles. The first kappa shape index (κ1) is 26.1. The van der Waals surface area contributed by atoms with Crippen LogP contribution in [0.1, 0.15) is 30.0 Å². The van der Waals surface area contributed by atoms with E-state index >= 15 is 0 Å². The Labute approximate surface area is 217 Å². The summed E-state index contributed by atoms with van der Waals surface area (Å²) in [4.78, 5) is 17.3. The number of nitriles is 1. The molecule has 1 saturated heterocycles. The van der Waals surface area contributed by atoms with Crippen LogP contribution in [0.15, 0.2) is 59.3 Å². The SMILES string of the molecule is CC(CC(=O)O)N(N1CCN(c2ccc(C#Cc3ccc(-c4ncco4)c(C#N)c3)cc2)CC1)S(=O)O. The van der Waals surface area contributed by atoms with Gasteiger partial charge in [-0.05, 0) is 49.4 Å². The lowest BCUT2D eigenvalue weighted by molar-refractivity contribution is -0.139. The Hall–Kier alpha value is -4.00. The van der Waals surface area contributed by atoms with Crippen LogP contribution in [0.4, 0.5) is 5.69 Å². The van der Waals surface area contributed by atoms with E-state index in [-0.39, 0.29) is 6.42 Å². The molecule has 0 amide bonds. The summed E-state index contributed by atoms with van der Waals surface area (Å²) in [5.41, 5.74) is 3.58. The fraction of sp³-hybridized carbons (Fsp3) is 0.269. The number of aliphatic carboxylic acids is 1. The maximum Gasteiger partial charge on any atom is 0.305 e. The van der Waals surface area contributed by atoms with Crippen molar-refractivity contribution in [2.75, 3.05) is 31.1 Å². The zero-order valence-electron chi connectivity index (χ0n) is 20.1. The molecule has 1 aliphatic heterocycles. The van der Waals surface area contributed by atoms with Crippen molar-refractivity contribution < 1.29 is 23.1 Å². The molecule has 2 atom stereocenters.